The summed E-state index contributed by atoms with van der Waals surface area (Å²) in [5.74, 6) is -0.162. The van der Waals surface area contributed by atoms with E-state index >= 15 is 0 Å². The zero-order valence-electron chi connectivity index (χ0n) is 11.4. The maximum atomic E-state index is 11.8. The Hall–Kier alpha value is -1.85. The standard InChI is InChI=1S/C15H18N2O2S/c1-11-4-5-12(16)9-14(11)17-15(18)10-19-7-6-13-3-2-8-20-13/h2-5,8-9H,6-7,10,16H2,1H3,(H,17,18). The monoisotopic (exact) mass is 290 g/mol. The molecule has 0 unspecified atom stereocenters. The summed E-state index contributed by atoms with van der Waals surface area (Å²) in [7, 11) is 0. The van der Waals surface area contributed by atoms with Crippen molar-refractivity contribution in [3.63, 3.8) is 0 Å². The van der Waals surface area contributed by atoms with E-state index in [0.29, 0.717) is 12.3 Å². The van der Waals surface area contributed by atoms with Gasteiger partial charge < -0.3 is 15.8 Å². The average Bonchev–Trinajstić information content (AvgIpc) is 2.92. The van der Waals surface area contributed by atoms with Crippen LogP contribution in [-0.4, -0.2) is 19.1 Å². The molecule has 0 spiro atoms. The van der Waals surface area contributed by atoms with Crippen molar-refractivity contribution in [2.24, 2.45) is 0 Å². The van der Waals surface area contributed by atoms with Gasteiger partial charge in [0.15, 0.2) is 0 Å². The molecule has 5 heteroatoms. The van der Waals surface area contributed by atoms with Gasteiger partial charge in [-0.25, -0.2) is 0 Å². The largest absolute Gasteiger partial charge is 0.399 e. The van der Waals surface area contributed by atoms with Crippen molar-refractivity contribution in [2.45, 2.75) is 13.3 Å². The van der Waals surface area contributed by atoms with Crippen molar-refractivity contribution in [3.05, 3.63) is 46.2 Å². The Morgan fingerprint density at radius 1 is 1.40 bits per heavy atom. The molecule has 0 aliphatic carbocycles. The SMILES string of the molecule is Cc1ccc(N)cc1NC(=O)COCCc1cccs1. The topological polar surface area (TPSA) is 64.3 Å². The Kier molecular flexibility index (Phi) is 5.15. The van der Waals surface area contributed by atoms with E-state index < -0.39 is 0 Å². The lowest BCUT2D eigenvalue weighted by Crippen LogP contribution is -2.19. The van der Waals surface area contributed by atoms with Crippen LogP contribution in [0.5, 0.6) is 0 Å². The number of anilines is 2. The Labute approximate surface area is 122 Å². The highest BCUT2D eigenvalue weighted by Gasteiger charge is 2.05. The number of hydrogen-bond acceptors (Lipinski definition) is 4. The minimum Gasteiger partial charge on any atom is -0.399 e. The molecule has 0 fully saturated rings. The van der Waals surface area contributed by atoms with Gasteiger partial charge in [-0.05, 0) is 36.1 Å². The second kappa shape index (κ2) is 7.07. The fourth-order valence-electron chi connectivity index (χ4n) is 1.75. The van der Waals surface area contributed by atoms with Gasteiger partial charge in [0.2, 0.25) is 5.91 Å². The number of thiophene rings is 1. The van der Waals surface area contributed by atoms with Gasteiger partial charge in [-0.3, -0.25) is 4.79 Å². The quantitative estimate of drug-likeness (QED) is 0.635. The highest BCUT2D eigenvalue weighted by atomic mass is 32.1. The third kappa shape index (κ3) is 4.36. The first kappa shape index (κ1) is 14.6. The lowest BCUT2D eigenvalue weighted by molar-refractivity contribution is -0.120. The van der Waals surface area contributed by atoms with Crippen LogP contribution in [0.4, 0.5) is 11.4 Å². The number of carbonyl (C=O) groups excluding carboxylic acids is 1. The molecule has 1 amide bonds. The van der Waals surface area contributed by atoms with Crippen molar-refractivity contribution in [1.29, 1.82) is 0 Å². The molecular formula is C15H18N2O2S. The second-order valence-electron chi connectivity index (χ2n) is 4.50. The van der Waals surface area contributed by atoms with Crippen molar-refractivity contribution in [2.75, 3.05) is 24.3 Å². The van der Waals surface area contributed by atoms with E-state index in [9.17, 15) is 4.79 Å². The number of carbonyl (C=O) groups is 1. The fraction of sp³-hybridized carbons (Fsp3) is 0.267. The molecule has 1 aromatic carbocycles. The summed E-state index contributed by atoms with van der Waals surface area (Å²) in [4.78, 5) is 13.0. The van der Waals surface area contributed by atoms with Crippen LogP contribution in [0.2, 0.25) is 0 Å². The molecule has 0 saturated heterocycles. The van der Waals surface area contributed by atoms with Crippen LogP contribution in [0.3, 0.4) is 0 Å². The van der Waals surface area contributed by atoms with Gasteiger partial charge in [-0.15, -0.1) is 11.3 Å². The number of ether oxygens (including phenoxy) is 1. The van der Waals surface area contributed by atoms with Crippen molar-refractivity contribution in [3.8, 4) is 0 Å². The summed E-state index contributed by atoms with van der Waals surface area (Å²) >= 11 is 1.69. The minimum atomic E-state index is -0.162. The predicted octanol–water partition coefficient (Wildman–Crippen LogP) is 2.84. The van der Waals surface area contributed by atoms with E-state index in [1.54, 1.807) is 17.4 Å². The Morgan fingerprint density at radius 2 is 2.25 bits per heavy atom. The third-order valence-corrected chi connectivity index (χ3v) is 3.78. The molecule has 20 heavy (non-hydrogen) atoms. The summed E-state index contributed by atoms with van der Waals surface area (Å²) < 4.78 is 5.37. The highest BCUT2D eigenvalue weighted by Crippen LogP contribution is 2.17. The number of hydrogen-bond donors (Lipinski definition) is 2. The molecule has 2 rings (SSSR count). The molecule has 2 aromatic rings. The molecule has 4 nitrogen and oxygen atoms in total. The van der Waals surface area contributed by atoms with E-state index in [1.165, 1.54) is 4.88 Å². The first-order valence-corrected chi connectivity index (χ1v) is 7.29. The van der Waals surface area contributed by atoms with Crippen LogP contribution in [0.15, 0.2) is 35.7 Å². The first-order valence-electron chi connectivity index (χ1n) is 6.41. The average molecular weight is 290 g/mol. The van der Waals surface area contributed by atoms with Crippen molar-refractivity contribution < 1.29 is 9.53 Å². The molecule has 106 valence electrons. The first-order chi connectivity index (χ1) is 9.65. The van der Waals surface area contributed by atoms with Crippen LogP contribution in [0.25, 0.3) is 0 Å². The number of aryl methyl sites for hydroxylation is 1. The maximum Gasteiger partial charge on any atom is 0.250 e. The van der Waals surface area contributed by atoms with Gasteiger partial charge in [0, 0.05) is 22.7 Å². The molecule has 0 aliphatic rings. The normalized spacial score (nSPS) is 10.4. The Balaban J connectivity index is 1.73. The van der Waals surface area contributed by atoms with Crippen LogP contribution in [0.1, 0.15) is 10.4 Å². The summed E-state index contributed by atoms with van der Waals surface area (Å²) in [6, 6.07) is 9.50. The number of nitrogens with one attached hydrogen (secondary N) is 1. The molecule has 0 aliphatic heterocycles. The number of nitrogens with two attached hydrogens (primary N) is 1. The molecule has 0 saturated carbocycles. The lowest BCUT2D eigenvalue weighted by Gasteiger charge is -2.09. The zero-order chi connectivity index (χ0) is 14.4. The van der Waals surface area contributed by atoms with Gasteiger partial charge in [0.25, 0.3) is 0 Å². The van der Waals surface area contributed by atoms with Gasteiger partial charge in [-0.1, -0.05) is 12.1 Å². The van der Waals surface area contributed by atoms with Crippen LogP contribution >= 0.6 is 11.3 Å². The molecule has 0 atom stereocenters. The summed E-state index contributed by atoms with van der Waals surface area (Å²) in [5, 5.41) is 4.84. The molecule has 0 radical (unpaired) electrons. The smallest absolute Gasteiger partial charge is 0.250 e. The van der Waals surface area contributed by atoms with E-state index in [4.69, 9.17) is 10.5 Å². The van der Waals surface area contributed by atoms with Gasteiger partial charge in [-0.2, -0.15) is 0 Å². The highest BCUT2D eigenvalue weighted by molar-refractivity contribution is 7.09. The van der Waals surface area contributed by atoms with E-state index in [2.05, 4.69) is 11.4 Å². The van der Waals surface area contributed by atoms with Crippen LogP contribution < -0.4 is 11.1 Å². The van der Waals surface area contributed by atoms with Crippen molar-refractivity contribution in [1.82, 2.24) is 0 Å². The zero-order valence-corrected chi connectivity index (χ0v) is 12.2. The molecule has 0 bridgehead atoms. The molecule has 1 aromatic heterocycles. The summed E-state index contributed by atoms with van der Waals surface area (Å²) in [5.41, 5.74) is 8.04. The number of nitrogen functional groups attached to an aromatic ring is 1. The maximum absolute atomic E-state index is 11.8. The van der Waals surface area contributed by atoms with Gasteiger partial charge in [0.05, 0.1) is 6.61 Å². The molecular weight excluding hydrogens is 272 g/mol. The Morgan fingerprint density at radius 3 is 3.00 bits per heavy atom. The summed E-state index contributed by atoms with van der Waals surface area (Å²) in [6.07, 6.45) is 0.836. The lowest BCUT2D eigenvalue weighted by atomic mass is 10.2. The van der Waals surface area contributed by atoms with E-state index in [1.807, 2.05) is 30.5 Å². The Bertz CT molecular complexity index is 567. The molecule has 3 N–H and O–H groups in total. The number of rotatable bonds is 6. The van der Waals surface area contributed by atoms with Gasteiger partial charge in [0.1, 0.15) is 6.61 Å². The third-order valence-electron chi connectivity index (χ3n) is 2.84. The summed E-state index contributed by atoms with van der Waals surface area (Å²) in [6.45, 7) is 2.52. The van der Waals surface area contributed by atoms with E-state index in [-0.39, 0.29) is 12.5 Å². The second-order valence-corrected chi connectivity index (χ2v) is 5.54. The number of amides is 1. The molecule has 1 heterocycles. The van der Waals surface area contributed by atoms with E-state index in [0.717, 1.165) is 17.7 Å². The predicted molar refractivity (Wildman–Crippen MR) is 83.1 cm³/mol. The van der Waals surface area contributed by atoms with Crippen molar-refractivity contribution >= 4 is 28.6 Å². The number of benzene rings is 1. The van der Waals surface area contributed by atoms with Crippen LogP contribution in [-0.2, 0) is 16.0 Å². The van der Waals surface area contributed by atoms with Crippen LogP contribution in [0, 0.1) is 6.92 Å². The minimum absolute atomic E-state index is 0.0552. The van der Waals surface area contributed by atoms with Gasteiger partial charge >= 0.3 is 0 Å². The fourth-order valence-corrected chi connectivity index (χ4v) is 2.44.